The highest BCUT2D eigenvalue weighted by molar-refractivity contribution is 5.95. The Balaban J connectivity index is 2.18. The normalized spacial score (nSPS) is 19.2. The van der Waals surface area contributed by atoms with Crippen LogP contribution < -0.4 is 10.6 Å². The number of hydrogen-bond donors (Lipinski definition) is 2. The third kappa shape index (κ3) is 2.49. The molecule has 116 valence electrons. The van der Waals surface area contributed by atoms with Crippen LogP contribution in [0.3, 0.4) is 0 Å². The average Bonchev–Trinajstić information content (AvgIpc) is 2.76. The van der Waals surface area contributed by atoms with Gasteiger partial charge in [0.1, 0.15) is 17.3 Å². The molecule has 0 spiro atoms. The van der Waals surface area contributed by atoms with E-state index in [-0.39, 0.29) is 28.1 Å². The maximum atomic E-state index is 13.8. The van der Waals surface area contributed by atoms with Gasteiger partial charge in [-0.15, -0.1) is 0 Å². The summed E-state index contributed by atoms with van der Waals surface area (Å²) < 4.78 is 27.7. The molecule has 1 fully saturated rings. The molecule has 1 aromatic carbocycles. The van der Waals surface area contributed by atoms with E-state index in [4.69, 9.17) is 0 Å². The highest BCUT2D eigenvalue weighted by Gasteiger charge is 2.65. The molecule has 2 rings (SSSR count). The first-order valence-corrected chi connectivity index (χ1v) is 7.16. The quantitative estimate of drug-likeness (QED) is 0.892. The van der Waals surface area contributed by atoms with Gasteiger partial charge in [0.15, 0.2) is 0 Å². The van der Waals surface area contributed by atoms with Gasteiger partial charge in [-0.2, -0.15) is 0 Å². The van der Waals surface area contributed by atoms with Crippen molar-refractivity contribution < 1.29 is 13.6 Å². The molecule has 0 unspecified atom stereocenters. The van der Waals surface area contributed by atoms with Crippen LogP contribution in [0.2, 0.25) is 0 Å². The second-order valence-corrected chi connectivity index (χ2v) is 6.70. The van der Waals surface area contributed by atoms with Crippen molar-refractivity contribution in [1.29, 1.82) is 0 Å². The molecule has 0 atom stereocenters. The minimum absolute atomic E-state index is 0.00272. The number of halogens is 2. The summed E-state index contributed by atoms with van der Waals surface area (Å²) in [6.45, 7) is 10.4. The fourth-order valence-electron chi connectivity index (χ4n) is 2.82. The van der Waals surface area contributed by atoms with Gasteiger partial charge in [-0.1, -0.05) is 27.7 Å². The summed E-state index contributed by atoms with van der Waals surface area (Å²) in [5, 5.41) is 5.47. The Hall–Kier alpha value is -1.65. The number of carbonyl (C=O) groups is 1. The Morgan fingerprint density at radius 3 is 2.00 bits per heavy atom. The average molecular weight is 296 g/mol. The van der Waals surface area contributed by atoms with Crippen LogP contribution in [0.5, 0.6) is 0 Å². The molecule has 0 heterocycles. The fourth-order valence-corrected chi connectivity index (χ4v) is 2.82. The predicted molar refractivity (Wildman–Crippen MR) is 79.3 cm³/mol. The van der Waals surface area contributed by atoms with Crippen LogP contribution >= 0.6 is 0 Å². The fraction of sp³-hybridized carbons (Fsp3) is 0.562. The maximum absolute atomic E-state index is 13.8. The van der Waals surface area contributed by atoms with Gasteiger partial charge in [0.25, 0.3) is 5.91 Å². The molecule has 0 aromatic heterocycles. The Labute approximate surface area is 124 Å². The van der Waals surface area contributed by atoms with Crippen molar-refractivity contribution in [2.75, 3.05) is 11.9 Å². The summed E-state index contributed by atoms with van der Waals surface area (Å²) in [7, 11) is 0. The van der Waals surface area contributed by atoms with Crippen LogP contribution in [-0.2, 0) is 0 Å². The zero-order valence-corrected chi connectivity index (χ0v) is 13.1. The van der Waals surface area contributed by atoms with Crippen LogP contribution in [0.25, 0.3) is 0 Å². The lowest BCUT2D eigenvalue weighted by molar-refractivity contribution is 0.0942. The smallest absolute Gasteiger partial charge is 0.251 e. The third-order valence-electron chi connectivity index (χ3n) is 4.95. The highest BCUT2D eigenvalue weighted by Crippen LogP contribution is 2.62. The molecule has 2 N–H and O–H groups in total. The van der Waals surface area contributed by atoms with Gasteiger partial charge in [0, 0.05) is 18.2 Å². The van der Waals surface area contributed by atoms with Crippen molar-refractivity contribution >= 4 is 11.6 Å². The van der Waals surface area contributed by atoms with Crippen molar-refractivity contribution in [3.63, 3.8) is 0 Å². The zero-order chi connectivity index (χ0) is 16.0. The maximum Gasteiger partial charge on any atom is 0.251 e. The van der Waals surface area contributed by atoms with E-state index >= 15 is 0 Å². The number of rotatable bonds is 4. The first kappa shape index (κ1) is 15.7. The van der Waals surface area contributed by atoms with Crippen LogP contribution in [0, 0.1) is 22.5 Å². The predicted octanol–water partition coefficient (Wildman–Crippen LogP) is 3.56. The molecular formula is C16H22F2N2O. The number of carbonyl (C=O) groups excluding carboxylic acids is 1. The molecule has 0 bridgehead atoms. The SMILES string of the molecule is CCNc1c(F)cc(C(=O)NC2C(C)(C)C2(C)C)cc1F. The van der Waals surface area contributed by atoms with Crippen LogP contribution in [0.15, 0.2) is 12.1 Å². The summed E-state index contributed by atoms with van der Waals surface area (Å²) in [5.74, 6) is -1.95. The van der Waals surface area contributed by atoms with Crippen molar-refractivity contribution in [2.45, 2.75) is 40.7 Å². The van der Waals surface area contributed by atoms with Crippen LogP contribution in [0.4, 0.5) is 14.5 Å². The number of anilines is 1. The van der Waals surface area contributed by atoms with Crippen molar-refractivity contribution in [3.8, 4) is 0 Å². The topological polar surface area (TPSA) is 41.1 Å². The molecule has 1 saturated carbocycles. The molecule has 0 saturated heterocycles. The Kier molecular flexibility index (Phi) is 3.72. The lowest BCUT2D eigenvalue weighted by Crippen LogP contribution is -2.30. The molecule has 1 amide bonds. The van der Waals surface area contributed by atoms with Crippen molar-refractivity contribution in [3.05, 3.63) is 29.3 Å². The molecule has 3 nitrogen and oxygen atoms in total. The summed E-state index contributed by atoms with van der Waals surface area (Å²) in [6, 6.07) is 2.13. The van der Waals surface area contributed by atoms with E-state index in [0.717, 1.165) is 12.1 Å². The van der Waals surface area contributed by atoms with Gasteiger partial charge in [0.2, 0.25) is 0 Å². The second-order valence-electron chi connectivity index (χ2n) is 6.70. The summed E-state index contributed by atoms with van der Waals surface area (Å²) in [5.41, 5.74) is -0.237. The number of nitrogens with one attached hydrogen (secondary N) is 2. The van der Waals surface area contributed by atoms with E-state index in [1.807, 2.05) is 0 Å². The van der Waals surface area contributed by atoms with Crippen LogP contribution in [-0.4, -0.2) is 18.5 Å². The van der Waals surface area contributed by atoms with E-state index < -0.39 is 17.5 Å². The minimum atomic E-state index is -0.753. The van der Waals surface area contributed by atoms with Crippen LogP contribution in [0.1, 0.15) is 45.0 Å². The highest BCUT2D eigenvalue weighted by atomic mass is 19.1. The number of benzene rings is 1. The van der Waals surface area contributed by atoms with E-state index in [9.17, 15) is 13.6 Å². The van der Waals surface area contributed by atoms with E-state index in [1.165, 1.54) is 0 Å². The Bertz CT molecular complexity index is 545. The minimum Gasteiger partial charge on any atom is -0.381 e. The standard InChI is InChI=1S/C16H22F2N2O/c1-6-19-12-10(17)7-9(8-11(12)18)13(21)20-14-15(2,3)16(14,4)5/h7-8,14,19H,6H2,1-5H3,(H,20,21). The molecule has 1 aliphatic rings. The van der Waals surface area contributed by atoms with Gasteiger partial charge in [-0.25, -0.2) is 8.78 Å². The lowest BCUT2D eigenvalue weighted by atomic mass is 10.0. The lowest BCUT2D eigenvalue weighted by Gasteiger charge is -2.10. The summed E-state index contributed by atoms with van der Waals surface area (Å²) in [6.07, 6.45) is 0. The van der Waals surface area contributed by atoms with Gasteiger partial charge in [0.05, 0.1) is 0 Å². The van der Waals surface area contributed by atoms with Gasteiger partial charge in [-0.05, 0) is 29.9 Å². The molecule has 1 aromatic rings. The first-order chi connectivity index (χ1) is 9.62. The molecular weight excluding hydrogens is 274 g/mol. The van der Waals surface area contributed by atoms with E-state index in [1.54, 1.807) is 6.92 Å². The molecule has 21 heavy (non-hydrogen) atoms. The van der Waals surface area contributed by atoms with Gasteiger partial charge in [-0.3, -0.25) is 4.79 Å². The first-order valence-electron chi connectivity index (χ1n) is 7.16. The largest absolute Gasteiger partial charge is 0.381 e. The number of hydrogen-bond acceptors (Lipinski definition) is 2. The number of amides is 1. The van der Waals surface area contributed by atoms with E-state index in [2.05, 4.69) is 38.3 Å². The Morgan fingerprint density at radius 2 is 1.62 bits per heavy atom. The van der Waals surface area contributed by atoms with Crippen molar-refractivity contribution in [2.24, 2.45) is 10.8 Å². The van der Waals surface area contributed by atoms with E-state index in [0.29, 0.717) is 6.54 Å². The summed E-state index contributed by atoms with van der Waals surface area (Å²) in [4.78, 5) is 12.2. The zero-order valence-electron chi connectivity index (χ0n) is 13.1. The Morgan fingerprint density at radius 1 is 1.14 bits per heavy atom. The molecule has 0 radical (unpaired) electrons. The van der Waals surface area contributed by atoms with Gasteiger partial charge >= 0.3 is 0 Å². The monoisotopic (exact) mass is 296 g/mol. The van der Waals surface area contributed by atoms with Gasteiger partial charge < -0.3 is 10.6 Å². The van der Waals surface area contributed by atoms with Crippen molar-refractivity contribution in [1.82, 2.24) is 5.32 Å². The third-order valence-corrected chi connectivity index (χ3v) is 4.95. The second kappa shape index (κ2) is 4.97. The molecule has 5 heteroatoms. The summed E-state index contributed by atoms with van der Waals surface area (Å²) >= 11 is 0. The molecule has 1 aliphatic carbocycles. The molecule has 0 aliphatic heterocycles.